The molecule has 0 bridgehead atoms. The van der Waals surface area contributed by atoms with Crippen LogP contribution < -0.4 is 10.6 Å². The summed E-state index contributed by atoms with van der Waals surface area (Å²) in [6, 6.07) is 5.19. The Morgan fingerprint density at radius 2 is 1.91 bits per heavy atom. The van der Waals surface area contributed by atoms with Crippen molar-refractivity contribution in [2.45, 2.75) is 38.0 Å². The highest BCUT2D eigenvalue weighted by Crippen LogP contribution is 2.25. The van der Waals surface area contributed by atoms with Crippen LogP contribution in [0, 0.1) is 6.92 Å². The lowest BCUT2D eigenvalue weighted by Gasteiger charge is -2.26. The highest BCUT2D eigenvalue weighted by molar-refractivity contribution is 7.89. The Balaban J connectivity index is 2.18. The molecule has 1 heterocycles. The lowest BCUT2D eigenvalue weighted by Crippen LogP contribution is -2.36. The number of piperidine rings is 1. The van der Waals surface area contributed by atoms with Crippen LogP contribution in [0.2, 0.25) is 0 Å². The molecular weight excluding hydrogens is 314 g/mol. The highest BCUT2D eigenvalue weighted by atomic mass is 32.2. The fourth-order valence-corrected chi connectivity index (χ4v) is 4.44. The maximum Gasteiger partial charge on any atom is 0.243 e. The van der Waals surface area contributed by atoms with Gasteiger partial charge in [0.25, 0.3) is 0 Å². The van der Waals surface area contributed by atoms with E-state index in [1.165, 1.54) is 0 Å². The number of nitrogens with one attached hydrogen (secondary N) is 2. The number of rotatable bonds is 6. The van der Waals surface area contributed by atoms with E-state index in [9.17, 15) is 13.2 Å². The molecule has 6 nitrogen and oxygen atoms in total. The second-order valence-electron chi connectivity index (χ2n) is 5.75. The van der Waals surface area contributed by atoms with Crippen LogP contribution in [-0.4, -0.2) is 44.8 Å². The fraction of sp³-hybridized carbons (Fsp3) is 0.562. The molecule has 0 radical (unpaired) electrons. The van der Waals surface area contributed by atoms with Crippen LogP contribution >= 0.6 is 0 Å². The summed E-state index contributed by atoms with van der Waals surface area (Å²) in [5.41, 5.74) is 1.36. The third-order valence-electron chi connectivity index (χ3n) is 3.95. The number of carbonyl (C=O) groups is 1. The van der Waals surface area contributed by atoms with Crippen LogP contribution in [0.4, 0.5) is 5.69 Å². The molecule has 0 aliphatic carbocycles. The molecule has 128 valence electrons. The minimum absolute atomic E-state index is 0.117. The van der Waals surface area contributed by atoms with Gasteiger partial charge in [-0.25, -0.2) is 8.42 Å². The average molecular weight is 339 g/mol. The molecule has 1 aliphatic rings. The Bertz CT molecular complexity index is 653. The van der Waals surface area contributed by atoms with Crippen LogP contribution in [0.15, 0.2) is 23.1 Å². The third kappa shape index (κ3) is 4.45. The van der Waals surface area contributed by atoms with Gasteiger partial charge in [-0.05, 0) is 44.4 Å². The second kappa shape index (κ2) is 7.79. The van der Waals surface area contributed by atoms with E-state index in [0.717, 1.165) is 24.8 Å². The van der Waals surface area contributed by atoms with Crippen LogP contribution in [0.5, 0.6) is 0 Å². The minimum atomic E-state index is -3.47. The first-order valence-corrected chi connectivity index (χ1v) is 9.50. The van der Waals surface area contributed by atoms with Crippen molar-refractivity contribution in [3.8, 4) is 0 Å². The molecule has 0 spiro atoms. The zero-order valence-corrected chi connectivity index (χ0v) is 14.6. The van der Waals surface area contributed by atoms with E-state index in [2.05, 4.69) is 10.6 Å². The maximum absolute atomic E-state index is 12.8. The number of hydrogen-bond acceptors (Lipinski definition) is 4. The molecule has 2 rings (SSSR count). The summed E-state index contributed by atoms with van der Waals surface area (Å²) >= 11 is 0. The number of nitrogens with zero attached hydrogens (tertiary/aromatic N) is 1. The van der Waals surface area contributed by atoms with Gasteiger partial charge in [0.05, 0.1) is 11.4 Å². The van der Waals surface area contributed by atoms with E-state index in [0.29, 0.717) is 30.2 Å². The van der Waals surface area contributed by atoms with Gasteiger partial charge in [0, 0.05) is 25.3 Å². The number of hydrogen-bond donors (Lipinski definition) is 2. The second-order valence-corrected chi connectivity index (χ2v) is 7.66. The first kappa shape index (κ1) is 17.7. The van der Waals surface area contributed by atoms with E-state index in [-0.39, 0.29) is 12.5 Å². The van der Waals surface area contributed by atoms with E-state index < -0.39 is 10.0 Å². The minimum Gasteiger partial charge on any atom is -0.376 e. The number of likely N-dealkylation sites (N-methyl/N-ethyl adjacent to an activating group) is 1. The van der Waals surface area contributed by atoms with Crippen molar-refractivity contribution >= 4 is 21.6 Å². The van der Waals surface area contributed by atoms with Crippen molar-refractivity contribution < 1.29 is 13.2 Å². The van der Waals surface area contributed by atoms with E-state index >= 15 is 0 Å². The summed E-state index contributed by atoms with van der Waals surface area (Å²) in [5.74, 6) is -0.117. The molecule has 1 aromatic carbocycles. The molecule has 1 amide bonds. The predicted molar refractivity (Wildman–Crippen MR) is 91.0 cm³/mol. The summed E-state index contributed by atoms with van der Waals surface area (Å²) in [4.78, 5) is 11.8. The summed E-state index contributed by atoms with van der Waals surface area (Å²) in [6.45, 7) is 5.51. The van der Waals surface area contributed by atoms with Gasteiger partial charge in [0.15, 0.2) is 0 Å². The highest BCUT2D eigenvalue weighted by Gasteiger charge is 2.27. The molecule has 1 aliphatic heterocycles. The van der Waals surface area contributed by atoms with E-state index in [1.54, 1.807) is 29.4 Å². The molecule has 0 saturated carbocycles. The molecular formula is C16H25N3O3S. The quantitative estimate of drug-likeness (QED) is 0.827. The van der Waals surface area contributed by atoms with Crippen molar-refractivity contribution in [2.75, 3.05) is 31.5 Å². The Morgan fingerprint density at radius 1 is 1.22 bits per heavy atom. The van der Waals surface area contributed by atoms with Crippen LogP contribution in [0.1, 0.15) is 31.7 Å². The number of anilines is 1. The lowest BCUT2D eigenvalue weighted by molar-refractivity contribution is -0.119. The molecule has 0 unspecified atom stereocenters. The van der Waals surface area contributed by atoms with Crippen molar-refractivity contribution in [1.82, 2.24) is 9.62 Å². The number of carbonyl (C=O) groups excluding carboxylic acids is 1. The average Bonchev–Trinajstić information content (AvgIpc) is 2.55. The maximum atomic E-state index is 12.8. The third-order valence-corrected chi connectivity index (χ3v) is 5.99. The number of sulfonamides is 1. The van der Waals surface area contributed by atoms with Gasteiger partial charge in [-0.1, -0.05) is 12.5 Å². The van der Waals surface area contributed by atoms with Crippen LogP contribution in [-0.2, 0) is 14.8 Å². The first-order valence-electron chi connectivity index (χ1n) is 8.06. The first-order chi connectivity index (χ1) is 10.9. The van der Waals surface area contributed by atoms with E-state index in [1.807, 2.05) is 6.92 Å². The summed E-state index contributed by atoms with van der Waals surface area (Å²) in [7, 11) is -3.47. The largest absolute Gasteiger partial charge is 0.376 e. The lowest BCUT2D eigenvalue weighted by atomic mass is 10.2. The fourth-order valence-electron chi connectivity index (χ4n) is 2.67. The van der Waals surface area contributed by atoms with Crippen molar-refractivity contribution in [3.63, 3.8) is 0 Å². The SMILES string of the molecule is CCNC(=O)CNc1ccc(C)c(S(=O)(=O)N2CCCCC2)c1. The van der Waals surface area contributed by atoms with Gasteiger partial charge in [0.2, 0.25) is 15.9 Å². The van der Waals surface area contributed by atoms with Gasteiger partial charge in [-0.15, -0.1) is 0 Å². The van der Waals surface area contributed by atoms with Crippen LogP contribution in [0.25, 0.3) is 0 Å². The van der Waals surface area contributed by atoms with E-state index in [4.69, 9.17) is 0 Å². The number of amides is 1. The van der Waals surface area contributed by atoms with Gasteiger partial charge in [-0.3, -0.25) is 4.79 Å². The normalized spacial score (nSPS) is 16.1. The molecule has 7 heteroatoms. The van der Waals surface area contributed by atoms with Crippen molar-refractivity contribution in [1.29, 1.82) is 0 Å². The monoisotopic (exact) mass is 339 g/mol. The topological polar surface area (TPSA) is 78.5 Å². The Hall–Kier alpha value is -1.60. The summed E-state index contributed by atoms with van der Waals surface area (Å²) in [6.07, 6.45) is 2.90. The van der Waals surface area contributed by atoms with Crippen LogP contribution in [0.3, 0.4) is 0 Å². The zero-order chi connectivity index (χ0) is 16.9. The summed E-state index contributed by atoms with van der Waals surface area (Å²) < 4.78 is 27.2. The molecule has 1 aromatic rings. The van der Waals surface area contributed by atoms with Crippen molar-refractivity contribution in [2.24, 2.45) is 0 Å². The Kier molecular flexibility index (Phi) is 6.01. The Labute approximate surface area is 138 Å². The predicted octanol–water partition coefficient (Wildman–Crippen LogP) is 1.72. The summed E-state index contributed by atoms with van der Waals surface area (Å²) in [5, 5.41) is 5.67. The molecule has 0 aromatic heterocycles. The molecule has 23 heavy (non-hydrogen) atoms. The van der Waals surface area contributed by atoms with Gasteiger partial charge >= 0.3 is 0 Å². The van der Waals surface area contributed by atoms with Crippen molar-refractivity contribution in [3.05, 3.63) is 23.8 Å². The van der Waals surface area contributed by atoms with Gasteiger partial charge < -0.3 is 10.6 Å². The molecule has 0 atom stereocenters. The number of benzene rings is 1. The number of aryl methyl sites for hydroxylation is 1. The molecule has 1 fully saturated rings. The Morgan fingerprint density at radius 3 is 2.57 bits per heavy atom. The molecule has 1 saturated heterocycles. The standard InChI is InChI=1S/C16H25N3O3S/c1-3-17-16(20)12-18-14-8-7-13(2)15(11-14)23(21,22)19-9-5-4-6-10-19/h7-8,11,18H,3-6,9-10,12H2,1-2H3,(H,17,20). The zero-order valence-electron chi connectivity index (χ0n) is 13.8. The molecule has 2 N–H and O–H groups in total. The van der Waals surface area contributed by atoms with Gasteiger partial charge in [0.1, 0.15) is 0 Å². The smallest absolute Gasteiger partial charge is 0.243 e. The van der Waals surface area contributed by atoms with Gasteiger partial charge in [-0.2, -0.15) is 4.31 Å².